The van der Waals surface area contributed by atoms with Crippen LogP contribution in [0.1, 0.15) is 15.9 Å². The van der Waals surface area contributed by atoms with Crippen LogP contribution in [-0.2, 0) is 16.3 Å². The van der Waals surface area contributed by atoms with Gasteiger partial charge in [0, 0.05) is 23.1 Å². The molecule has 1 aliphatic carbocycles. The number of rotatable bonds is 5. The second-order valence-corrected chi connectivity index (χ2v) is 10.3. The minimum Gasteiger partial charge on any atom is -0.456 e. The normalized spacial score (nSPS) is 18.5. The molecule has 3 aromatic carbocycles. The largest absolute Gasteiger partial charge is 0.456 e. The summed E-state index contributed by atoms with van der Waals surface area (Å²) in [6, 6.07) is 21.3. The first-order chi connectivity index (χ1) is 13.8. The topological polar surface area (TPSA) is 86.5 Å². The number of hydrogen-bond acceptors (Lipinski definition) is 6. The molecule has 2 N–H and O–H groups in total. The van der Waals surface area contributed by atoms with E-state index in [0.717, 1.165) is 11.2 Å². The van der Waals surface area contributed by atoms with Gasteiger partial charge in [0.15, 0.2) is 15.6 Å². The third-order valence-corrected chi connectivity index (χ3v) is 6.99. The van der Waals surface area contributed by atoms with E-state index in [2.05, 4.69) is 0 Å². The maximum Gasteiger partial charge on any atom is 0.193 e. The number of ether oxygens (including phenoxy) is 1. The summed E-state index contributed by atoms with van der Waals surface area (Å²) >= 11 is 1.28. The highest BCUT2D eigenvalue weighted by molar-refractivity contribution is 8.01. The first-order valence-electron chi connectivity index (χ1n) is 8.94. The van der Waals surface area contributed by atoms with E-state index < -0.39 is 14.7 Å². The van der Waals surface area contributed by atoms with E-state index in [1.165, 1.54) is 23.9 Å². The summed E-state index contributed by atoms with van der Waals surface area (Å²) < 4.78 is 30.6. The Labute approximate surface area is 173 Å². The van der Waals surface area contributed by atoms with Crippen molar-refractivity contribution in [3.63, 3.8) is 0 Å². The molecule has 5 nitrogen and oxygen atoms in total. The average molecular weight is 426 g/mol. The van der Waals surface area contributed by atoms with Crippen LogP contribution in [0.5, 0.6) is 11.5 Å². The van der Waals surface area contributed by atoms with Gasteiger partial charge in [-0.05, 0) is 42.0 Å². The average Bonchev–Trinajstić information content (AvgIpc) is 2.92. The van der Waals surface area contributed by atoms with Crippen molar-refractivity contribution in [1.82, 2.24) is 0 Å². The second kappa shape index (κ2) is 7.33. The highest BCUT2D eigenvalue weighted by Crippen LogP contribution is 2.43. The van der Waals surface area contributed by atoms with E-state index in [1.807, 2.05) is 36.4 Å². The van der Waals surface area contributed by atoms with Crippen molar-refractivity contribution in [1.29, 1.82) is 0 Å². The molecule has 148 valence electrons. The molecule has 0 bridgehead atoms. The lowest BCUT2D eigenvalue weighted by Gasteiger charge is -2.21. The molecule has 0 aliphatic heterocycles. The van der Waals surface area contributed by atoms with Gasteiger partial charge in [0.25, 0.3) is 0 Å². The standard InChI is InChI=1S/C22H19NO4S2/c1-29(25,26)20-12-15-14-22(23,28-17-10-6-3-7-11-17)21(24)18(15)13-19(20)27-16-8-4-2-5-9-16/h2-13H,14,23H2,1H3. The number of benzene rings is 3. The van der Waals surface area contributed by atoms with Crippen LogP contribution in [0.25, 0.3) is 0 Å². The van der Waals surface area contributed by atoms with E-state index in [1.54, 1.807) is 24.3 Å². The predicted molar refractivity (Wildman–Crippen MR) is 113 cm³/mol. The molecule has 29 heavy (non-hydrogen) atoms. The molecule has 3 aromatic rings. The van der Waals surface area contributed by atoms with Crippen LogP contribution >= 0.6 is 11.8 Å². The van der Waals surface area contributed by atoms with Crippen molar-refractivity contribution in [2.75, 3.05) is 6.26 Å². The van der Waals surface area contributed by atoms with Crippen molar-refractivity contribution < 1.29 is 17.9 Å². The molecule has 0 saturated heterocycles. The van der Waals surface area contributed by atoms with Gasteiger partial charge in [0.2, 0.25) is 0 Å². The zero-order valence-electron chi connectivity index (χ0n) is 15.7. The lowest BCUT2D eigenvalue weighted by atomic mass is 10.1. The Bertz CT molecular complexity index is 1180. The maximum absolute atomic E-state index is 13.1. The number of nitrogens with two attached hydrogens (primary N) is 1. The van der Waals surface area contributed by atoms with Crippen LogP contribution in [0.3, 0.4) is 0 Å². The van der Waals surface area contributed by atoms with E-state index in [-0.39, 0.29) is 22.8 Å². The van der Waals surface area contributed by atoms with Gasteiger partial charge in [0.05, 0.1) is 0 Å². The van der Waals surface area contributed by atoms with Crippen molar-refractivity contribution in [3.05, 3.63) is 83.9 Å². The SMILES string of the molecule is CS(=O)(=O)c1cc2c(cc1Oc1ccccc1)C(=O)C(N)(Sc1ccccc1)C2. The molecule has 0 radical (unpaired) electrons. The van der Waals surface area contributed by atoms with Crippen LogP contribution in [0.4, 0.5) is 0 Å². The molecule has 0 fully saturated rings. The monoisotopic (exact) mass is 425 g/mol. The number of fused-ring (bicyclic) bond motifs is 1. The fourth-order valence-corrected chi connectivity index (χ4v) is 5.28. The molecule has 4 rings (SSSR count). The van der Waals surface area contributed by atoms with Gasteiger partial charge in [-0.1, -0.05) is 48.2 Å². The zero-order chi connectivity index (χ0) is 20.6. The minimum atomic E-state index is -3.57. The molecule has 0 amide bonds. The minimum absolute atomic E-state index is 0.0434. The van der Waals surface area contributed by atoms with E-state index >= 15 is 0 Å². The third kappa shape index (κ3) is 3.94. The summed E-state index contributed by atoms with van der Waals surface area (Å²) in [5.41, 5.74) is 7.48. The van der Waals surface area contributed by atoms with E-state index in [9.17, 15) is 13.2 Å². The number of carbonyl (C=O) groups is 1. The van der Waals surface area contributed by atoms with E-state index in [0.29, 0.717) is 16.9 Å². The van der Waals surface area contributed by atoms with Gasteiger partial charge in [-0.2, -0.15) is 0 Å². The highest BCUT2D eigenvalue weighted by atomic mass is 32.2. The first kappa shape index (κ1) is 19.7. The lowest BCUT2D eigenvalue weighted by molar-refractivity contribution is 0.0959. The molecule has 1 unspecified atom stereocenters. The van der Waals surface area contributed by atoms with Gasteiger partial charge in [-0.3, -0.25) is 4.79 Å². The number of carbonyl (C=O) groups excluding carboxylic acids is 1. The molecule has 1 aliphatic rings. The Morgan fingerprint density at radius 1 is 1.00 bits per heavy atom. The molecule has 0 saturated carbocycles. The fourth-order valence-electron chi connectivity index (χ4n) is 3.32. The van der Waals surface area contributed by atoms with Gasteiger partial charge < -0.3 is 10.5 Å². The summed E-state index contributed by atoms with van der Waals surface area (Å²) in [5, 5.41) is 0. The fraction of sp³-hybridized carbons (Fsp3) is 0.136. The van der Waals surface area contributed by atoms with Crippen LogP contribution < -0.4 is 10.5 Å². The molecule has 0 aromatic heterocycles. The van der Waals surface area contributed by atoms with Gasteiger partial charge >= 0.3 is 0 Å². The number of ketones is 1. The molecule has 1 atom stereocenters. The Kier molecular flexibility index (Phi) is 4.98. The molecule has 0 heterocycles. The van der Waals surface area contributed by atoms with Crippen molar-refractivity contribution in [2.45, 2.75) is 21.1 Å². The molecule has 0 spiro atoms. The summed E-state index contributed by atoms with van der Waals surface area (Å²) in [6.45, 7) is 0. The maximum atomic E-state index is 13.1. The second-order valence-electron chi connectivity index (χ2n) is 6.95. The number of thioether (sulfide) groups is 1. The summed E-state index contributed by atoms with van der Waals surface area (Å²) in [6.07, 6.45) is 1.37. The Morgan fingerprint density at radius 3 is 2.24 bits per heavy atom. The zero-order valence-corrected chi connectivity index (χ0v) is 17.3. The van der Waals surface area contributed by atoms with Crippen LogP contribution in [0.15, 0.2) is 82.6 Å². The third-order valence-electron chi connectivity index (χ3n) is 4.67. The Morgan fingerprint density at radius 2 is 1.62 bits per heavy atom. The van der Waals surface area contributed by atoms with Crippen molar-refractivity contribution in [3.8, 4) is 11.5 Å². The molecular weight excluding hydrogens is 406 g/mol. The summed E-state index contributed by atoms with van der Waals surface area (Å²) in [4.78, 5) is 12.9. The molecule has 7 heteroatoms. The predicted octanol–water partition coefficient (Wildman–Crippen LogP) is 4.07. The molecular formula is C22H19NO4S2. The van der Waals surface area contributed by atoms with Crippen LogP contribution in [0, 0.1) is 0 Å². The number of hydrogen-bond donors (Lipinski definition) is 1. The number of Topliss-reactive ketones (excluding diaryl/α,β-unsaturated/α-hetero) is 1. The van der Waals surface area contributed by atoms with Crippen molar-refractivity contribution >= 4 is 27.4 Å². The Hall–Kier alpha value is -2.61. The lowest BCUT2D eigenvalue weighted by Crippen LogP contribution is -2.42. The number of para-hydroxylation sites is 1. The van der Waals surface area contributed by atoms with Crippen molar-refractivity contribution in [2.24, 2.45) is 5.73 Å². The van der Waals surface area contributed by atoms with E-state index in [4.69, 9.17) is 10.5 Å². The summed E-state index contributed by atoms with van der Waals surface area (Å²) in [7, 11) is -3.57. The number of sulfone groups is 1. The Balaban J connectivity index is 1.75. The quantitative estimate of drug-likeness (QED) is 0.620. The van der Waals surface area contributed by atoms with Gasteiger partial charge in [-0.15, -0.1) is 0 Å². The summed E-state index contributed by atoms with van der Waals surface area (Å²) in [5.74, 6) is 0.375. The first-order valence-corrected chi connectivity index (χ1v) is 11.6. The van der Waals surface area contributed by atoms with Crippen LogP contribution in [0.2, 0.25) is 0 Å². The van der Waals surface area contributed by atoms with Crippen LogP contribution in [-0.4, -0.2) is 25.3 Å². The van der Waals surface area contributed by atoms with Gasteiger partial charge in [0.1, 0.15) is 21.3 Å². The highest BCUT2D eigenvalue weighted by Gasteiger charge is 2.44. The smallest absolute Gasteiger partial charge is 0.193 e. The van der Waals surface area contributed by atoms with Gasteiger partial charge in [-0.25, -0.2) is 8.42 Å².